The Labute approximate surface area is 184 Å². The maximum absolute atomic E-state index is 12.7. The second-order valence-electron chi connectivity index (χ2n) is 7.87. The molecule has 2 atom stereocenters. The third-order valence-electron chi connectivity index (χ3n) is 5.85. The zero-order valence-corrected chi connectivity index (χ0v) is 17.7. The zero-order chi connectivity index (χ0) is 21.9. The number of amides is 1. The molecular weight excluding hydrogens is 406 g/mol. The average Bonchev–Trinajstić information content (AvgIpc) is 3.60. The van der Waals surface area contributed by atoms with Crippen molar-refractivity contribution in [1.29, 1.82) is 0 Å². The van der Waals surface area contributed by atoms with Crippen LogP contribution in [0.5, 0.6) is 0 Å². The number of rotatable bonds is 7. The minimum atomic E-state index is -0.0560. The predicted octanol–water partition coefficient (Wildman–Crippen LogP) is 2.52. The van der Waals surface area contributed by atoms with Crippen LogP contribution in [0.25, 0.3) is 16.9 Å². The van der Waals surface area contributed by atoms with Gasteiger partial charge in [0.05, 0.1) is 18.1 Å². The quantitative estimate of drug-likeness (QED) is 0.354. The summed E-state index contributed by atoms with van der Waals surface area (Å²) in [4.78, 5) is 21.6. The van der Waals surface area contributed by atoms with Crippen molar-refractivity contribution in [3.8, 4) is 11.3 Å². The van der Waals surface area contributed by atoms with E-state index in [9.17, 15) is 4.79 Å². The number of benzene rings is 1. The first-order chi connectivity index (χ1) is 15.7. The van der Waals surface area contributed by atoms with E-state index < -0.39 is 0 Å². The van der Waals surface area contributed by atoms with Crippen molar-refractivity contribution in [1.82, 2.24) is 40.4 Å². The summed E-state index contributed by atoms with van der Waals surface area (Å²) in [5, 5.41) is 21.0. The topological polar surface area (TPSA) is 125 Å². The monoisotopic (exact) mass is 431 g/mol. The van der Waals surface area contributed by atoms with Gasteiger partial charge in [0.15, 0.2) is 11.5 Å². The van der Waals surface area contributed by atoms with E-state index in [0.717, 1.165) is 42.8 Å². The molecule has 2 unspecified atom stereocenters. The van der Waals surface area contributed by atoms with Gasteiger partial charge in [-0.2, -0.15) is 10.2 Å². The van der Waals surface area contributed by atoms with Gasteiger partial charge in [0.2, 0.25) is 0 Å². The van der Waals surface area contributed by atoms with Crippen molar-refractivity contribution in [2.45, 2.75) is 38.3 Å². The van der Waals surface area contributed by atoms with Crippen LogP contribution in [0.1, 0.15) is 36.5 Å². The minimum Gasteiger partial charge on any atom is -0.348 e. The summed E-state index contributed by atoms with van der Waals surface area (Å²) in [6.45, 7) is 3.13. The molecule has 1 fully saturated rings. The first kappa shape index (κ1) is 20.1. The number of aromatic amines is 1. The Morgan fingerprint density at radius 1 is 1.25 bits per heavy atom. The van der Waals surface area contributed by atoms with Gasteiger partial charge in [0.1, 0.15) is 6.33 Å². The van der Waals surface area contributed by atoms with E-state index >= 15 is 0 Å². The van der Waals surface area contributed by atoms with Crippen molar-refractivity contribution in [2.75, 3.05) is 11.9 Å². The highest BCUT2D eigenvalue weighted by Crippen LogP contribution is 2.24. The van der Waals surface area contributed by atoms with E-state index in [1.54, 1.807) is 23.1 Å². The fourth-order valence-corrected chi connectivity index (χ4v) is 4.13. The van der Waals surface area contributed by atoms with Gasteiger partial charge in [0, 0.05) is 35.1 Å². The largest absolute Gasteiger partial charge is 0.348 e. The first-order valence-electron chi connectivity index (χ1n) is 10.8. The van der Waals surface area contributed by atoms with E-state index in [0.29, 0.717) is 23.1 Å². The molecule has 0 bridgehead atoms. The second kappa shape index (κ2) is 8.75. The molecule has 1 saturated heterocycles. The molecular formula is C22H25N9O. The van der Waals surface area contributed by atoms with Gasteiger partial charge < -0.3 is 16.0 Å². The van der Waals surface area contributed by atoms with Gasteiger partial charge in [0.25, 0.3) is 5.91 Å². The van der Waals surface area contributed by atoms with Crippen molar-refractivity contribution in [3.05, 3.63) is 54.7 Å². The van der Waals surface area contributed by atoms with Gasteiger partial charge >= 0.3 is 0 Å². The minimum absolute atomic E-state index is 0.0560. The molecule has 0 spiro atoms. The molecule has 1 aromatic carbocycles. The molecule has 32 heavy (non-hydrogen) atoms. The fraction of sp³-hybridized carbons (Fsp3) is 0.318. The third kappa shape index (κ3) is 3.92. The van der Waals surface area contributed by atoms with Gasteiger partial charge in [-0.05, 0) is 50.1 Å². The lowest BCUT2D eigenvalue weighted by atomic mass is 10.0. The summed E-state index contributed by atoms with van der Waals surface area (Å²) in [6, 6.07) is 7.85. The SMILES string of the molecule is CCC(NC(=O)c1ccc(Nc2ncc(-c3cn[nH]c3)n3ncnc23)cc1)C1CCCN1. The molecule has 1 aliphatic heterocycles. The van der Waals surface area contributed by atoms with Crippen LogP contribution < -0.4 is 16.0 Å². The van der Waals surface area contributed by atoms with Crippen LogP contribution >= 0.6 is 0 Å². The van der Waals surface area contributed by atoms with Crippen LogP contribution in [-0.2, 0) is 0 Å². The Balaban J connectivity index is 1.31. The number of carbonyl (C=O) groups excluding carboxylic acids is 1. The maximum atomic E-state index is 12.7. The number of H-pyrrole nitrogens is 1. The molecule has 4 aromatic rings. The van der Waals surface area contributed by atoms with Gasteiger partial charge in [-0.25, -0.2) is 14.5 Å². The number of fused-ring (bicyclic) bond motifs is 1. The van der Waals surface area contributed by atoms with Crippen LogP contribution in [-0.4, -0.2) is 54.3 Å². The number of nitrogens with zero attached hydrogens (tertiary/aromatic N) is 5. The van der Waals surface area contributed by atoms with Crippen LogP contribution in [0.4, 0.5) is 11.5 Å². The van der Waals surface area contributed by atoms with E-state index in [2.05, 4.69) is 48.1 Å². The molecule has 1 aliphatic rings. The maximum Gasteiger partial charge on any atom is 0.251 e. The Hall–Kier alpha value is -3.79. The summed E-state index contributed by atoms with van der Waals surface area (Å²) in [5.41, 5.74) is 3.68. The average molecular weight is 432 g/mol. The standard InChI is InChI=1S/C22H25N9O/c1-2-17(18-4-3-9-23-18)30-22(32)14-5-7-16(8-6-14)29-20-21-25-13-28-31(21)19(12-24-20)15-10-26-27-11-15/h5-8,10-13,17-18,23H,2-4,9H2,1H3,(H,24,29)(H,26,27)(H,30,32). The first-order valence-corrected chi connectivity index (χ1v) is 10.8. The Kier molecular flexibility index (Phi) is 5.51. The number of nitrogens with one attached hydrogen (secondary N) is 4. The van der Waals surface area contributed by atoms with Crippen LogP contribution in [0.2, 0.25) is 0 Å². The van der Waals surface area contributed by atoms with Crippen molar-refractivity contribution in [2.24, 2.45) is 0 Å². The Morgan fingerprint density at radius 2 is 2.12 bits per heavy atom. The fourth-order valence-electron chi connectivity index (χ4n) is 4.13. The molecule has 4 N–H and O–H groups in total. The van der Waals surface area contributed by atoms with Gasteiger partial charge in [-0.3, -0.25) is 9.89 Å². The third-order valence-corrected chi connectivity index (χ3v) is 5.85. The molecule has 10 heteroatoms. The number of hydrogen-bond donors (Lipinski definition) is 4. The van der Waals surface area contributed by atoms with E-state index in [1.165, 1.54) is 6.33 Å². The summed E-state index contributed by atoms with van der Waals surface area (Å²) in [6.07, 6.45) is 9.86. The highest BCUT2D eigenvalue weighted by molar-refractivity contribution is 5.94. The molecule has 1 amide bonds. The Bertz CT molecular complexity index is 1190. The Morgan fingerprint density at radius 3 is 2.84 bits per heavy atom. The number of aromatic nitrogens is 6. The molecule has 3 aromatic heterocycles. The lowest BCUT2D eigenvalue weighted by Crippen LogP contribution is -2.47. The van der Waals surface area contributed by atoms with Crippen molar-refractivity contribution in [3.63, 3.8) is 0 Å². The van der Waals surface area contributed by atoms with Gasteiger partial charge in [-0.1, -0.05) is 6.92 Å². The van der Waals surface area contributed by atoms with E-state index in [-0.39, 0.29) is 11.9 Å². The summed E-state index contributed by atoms with van der Waals surface area (Å²) < 4.78 is 1.71. The zero-order valence-electron chi connectivity index (χ0n) is 17.7. The van der Waals surface area contributed by atoms with Crippen molar-refractivity contribution < 1.29 is 4.79 Å². The van der Waals surface area contributed by atoms with Gasteiger partial charge in [-0.15, -0.1) is 0 Å². The molecule has 0 aliphatic carbocycles. The van der Waals surface area contributed by atoms with Crippen LogP contribution in [0, 0.1) is 0 Å². The number of anilines is 2. The number of carbonyl (C=O) groups is 1. The smallest absolute Gasteiger partial charge is 0.251 e. The van der Waals surface area contributed by atoms with Crippen molar-refractivity contribution >= 4 is 23.1 Å². The van der Waals surface area contributed by atoms with Crippen LogP contribution in [0.15, 0.2) is 49.2 Å². The highest BCUT2D eigenvalue weighted by Gasteiger charge is 2.24. The lowest BCUT2D eigenvalue weighted by Gasteiger charge is -2.23. The molecule has 5 rings (SSSR count). The molecule has 0 saturated carbocycles. The molecule has 4 heterocycles. The number of hydrogen-bond acceptors (Lipinski definition) is 7. The lowest BCUT2D eigenvalue weighted by molar-refractivity contribution is 0.0927. The second-order valence-corrected chi connectivity index (χ2v) is 7.87. The predicted molar refractivity (Wildman–Crippen MR) is 121 cm³/mol. The van der Waals surface area contributed by atoms with Crippen LogP contribution in [0.3, 0.4) is 0 Å². The van der Waals surface area contributed by atoms with E-state index in [1.807, 2.05) is 24.3 Å². The summed E-state index contributed by atoms with van der Waals surface area (Å²) in [7, 11) is 0. The summed E-state index contributed by atoms with van der Waals surface area (Å²) in [5.74, 6) is 0.518. The van der Waals surface area contributed by atoms with E-state index in [4.69, 9.17) is 0 Å². The normalized spacial score (nSPS) is 16.8. The highest BCUT2D eigenvalue weighted by atomic mass is 16.1. The summed E-state index contributed by atoms with van der Waals surface area (Å²) >= 11 is 0. The molecule has 164 valence electrons. The molecule has 0 radical (unpaired) electrons. The molecule has 10 nitrogen and oxygen atoms in total.